The number of anilines is 2. The minimum atomic E-state index is -0.688. The number of aryl methyl sites for hydroxylation is 1. The average Bonchev–Trinajstić information content (AvgIpc) is 3.36. The summed E-state index contributed by atoms with van der Waals surface area (Å²) in [5.74, 6) is -0.446. The summed E-state index contributed by atoms with van der Waals surface area (Å²) < 4.78 is 25.8. The molecule has 1 aromatic carbocycles. The molecule has 3 heterocycles. The molecule has 3 aromatic rings. The molecule has 0 bridgehead atoms. The minimum Gasteiger partial charge on any atom is -0.486 e. The topological polar surface area (TPSA) is 140 Å². The van der Waals surface area contributed by atoms with E-state index in [4.69, 9.17) is 15.2 Å². The highest BCUT2D eigenvalue weighted by atomic mass is 32.1. The highest BCUT2D eigenvalue weighted by Gasteiger charge is 2.38. The number of likely N-dealkylation sites (tertiary alicyclic amines) is 1. The van der Waals surface area contributed by atoms with Crippen molar-refractivity contribution in [2.45, 2.75) is 51.9 Å². The maximum Gasteiger partial charge on any atom is 0.410 e. The first-order chi connectivity index (χ1) is 17.0. The lowest BCUT2D eigenvalue weighted by Gasteiger charge is -2.27. The molecular formula is C24H28FN5O5S. The van der Waals surface area contributed by atoms with Gasteiger partial charge in [-0.1, -0.05) is 0 Å². The van der Waals surface area contributed by atoms with Crippen molar-refractivity contribution >= 4 is 45.1 Å². The third-order valence-corrected chi connectivity index (χ3v) is 6.87. The number of primary amides is 1. The Morgan fingerprint density at radius 1 is 1.33 bits per heavy atom. The Hall–Kier alpha value is -3.51. The molecular weight excluding hydrogens is 489 g/mol. The van der Waals surface area contributed by atoms with Gasteiger partial charge < -0.3 is 25.6 Å². The van der Waals surface area contributed by atoms with Crippen LogP contribution in [0.2, 0.25) is 0 Å². The third-order valence-electron chi connectivity index (χ3n) is 5.66. The number of carbonyl (C=O) groups is 2. The molecule has 1 fully saturated rings. The van der Waals surface area contributed by atoms with Crippen LogP contribution in [0.5, 0.6) is 5.75 Å². The van der Waals surface area contributed by atoms with Crippen molar-refractivity contribution in [3.63, 3.8) is 0 Å². The van der Waals surface area contributed by atoms with E-state index >= 15 is 0 Å². The van der Waals surface area contributed by atoms with Crippen molar-refractivity contribution in [2.75, 3.05) is 18.5 Å². The SMILES string of the molecule is Cc1c(C(N)=O)sc2ncnc(Nc3ccc(F)cc3O[C@H]3C[C@@H](CO)N(C(=O)OC(C)(C)C)C3)c12. The smallest absolute Gasteiger partial charge is 0.410 e. The quantitative estimate of drug-likeness (QED) is 0.449. The lowest BCUT2D eigenvalue weighted by Crippen LogP contribution is -2.41. The maximum absolute atomic E-state index is 14.2. The zero-order valence-corrected chi connectivity index (χ0v) is 21.2. The number of hydrogen-bond acceptors (Lipinski definition) is 9. The molecule has 12 heteroatoms. The number of aromatic nitrogens is 2. The highest BCUT2D eigenvalue weighted by Crippen LogP contribution is 2.37. The van der Waals surface area contributed by atoms with Gasteiger partial charge in [-0.3, -0.25) is 9.69 Å². The Balaban J connectivity index is 1.60. The Kier molecular flexibility index (Phi) is 7.01. The van der Waals surface area contributed by atoms with Gasteiger partial charge in [-0.15, -0.1) is 11.3 Å². The van der Waals surface area contributed by atoms with Crippen molar-refractivity contribution in [1.29, 1.82) is 0 Å². The first-order valence-corrected chi connectivity index (χ1v) is 12.2. The number of aliphatic hydroxyl groups excluding tert-OH is 1. The second kappa shape index (κ2) is 9.86. The van der Waals surface area contributed by atoms with E-state index in [1.54, 1.807) is 27.7 Å². The monoisotopic (exact) mass is 517 g/mol. The molecule has 1 aliphatic rings. The predicted molar refractivity (Wildman–Crippen MR) is 133 cm³/mol. The van der Waals surface area contributed by atoms with Crippen LogP contribution in [0.25, 0.3) is 10.2 Å². The molecule has 0 unspecified atom stereocenters. The van der Waals surface area contributed by atoms with Crippen LogP contribution < -0.4 is 15.8 Å². The molecule has 0 aliphatic carbocycles. The van der Waals surface area contributed by atoms with Crippen LogP contribution >= 0.6 is 11.3 Å². The molecule has 2 aromatic heterocycles. The third kappa shape index (κ3) is 5.34. The minimum absolute atomic E-state index is 0.166. The first kappa shape index (κ1) is 25.6. The average molecular weight is 518 g/mol. The summed E-state index contributed by atoms with van der Waals surface area (Å²) in [6.45, 7) is 6.96. The van der Waals surface area contributed by atoms with E-state index in [2.05, 4.69) is 15.3 Å². The fourth-order valence-electron chi connectivity index (χ4n) is 4.08. The van der Waals surface area contributed by atoms with Crippen LogP contribution in [0.4, 0.5) is 20.7 Å². The molecule has 1 saturated heterocycles. The zero-order chi connectivity index (χ0) is 26.2. The van der Waals surface area contributed by atoms with Crippen molar-refractivity contribution in [1.82, 2.24) is 14.9 Å². The van der Waals surface area contributed by atoms with Crippen molar-refractivity contribution in [2.24, 2.45) is 5.73 Å². The van der Waals surface area contributed by atoms with Crippen molar-refractivity contribution in [3.05, 3.63) is 40.8 Å². The predicted octanol–water partition coefficient (Wildman–Crippen LogP) is 3.73. The molecule has 0 radical (unpaired) electrons. The number of rotatable bonds is 6. The highest BCUT2D eigenvalue weighted by molar-refractivity contribution is 7.20. The Morgan fingerprint density at radius 3 is 2.75 bits per heavy atom. The van der Waals surface area contributed by atoms with Gasteiger partial charge in [0.25, 0.3) is 5.91 Å². The van der Waals surface area contributed by atoms with Crippen molar-refractivity contribution < 1.29 is 28.6 Å². The number of nitrogens with two attached hydrogens (primary N) is 1. The van der Waals surface area contributed by atoms with E-state index in [1.165, 1.54) is 40.8 Å². The lowest BCUT2D eigenvalue weighted by atomic mass is 10.2. The Morgan fingerprint density at radius 2 is 2.08 bits per heavy atom. The number of aliphatic hydroxyl groups is 1. The Bertz CT molecular complexity index is 1310. The van der Waals surface area contributed by atoms with Crippen LogP contribution in [0.15, 0.2) is 24.5 Å². The molecule has 192 valence electrons. The van der Waals surface area contributed by atoms with Gasteiger partial charge in [0.15, 0.2) is 0 Å². The summed E-state index contributed by atoms with van der Waals surface area (Å²) in [6, 6.07) is 3.54. The first-order valence-electron chi connectivity index (χ1n) is 11.3. The normalized spacial score (nSPS) is 17.9. The number of nitrogens with zero attached hydrogens (tertiary/aromatic N) is 3. The standard InChI is InChI=1S/C24H28FN5O5S/c1-12-18-21(27-11-28-22(18)36-19(12)20(26)32)29-16-6-5-13(25)7-17(16)34-15-8-14(10-31)30(9-15)23(33)35-24(2,3)4/h5-7,11,14-15,31H,8-10H2,1-4H3,(H2,26,32)(H,27,28,29)/t14-,15-/m0/s1. The van der Waals surface area contributed by atoms with Crippen LogP contribution in [0.3, 0.4) is 0 Å². The molecule has 1 aliphatic heterocycles. The number of hydrogen-bond donors (Lipinski definition) is 3. The van der Waals surface area contributed by atoms with Gasteiger partial charge in [0.05, 0.1) is 35.1 Å². The van der Waals surface area contributed by atoms with Crippen LogP contribution in [-0.2, 0) is 4.74 Å². The zero-order valence-electron chi connectivity index (χ0n) is 20.4. The molecule has 0 spiro atoms. The summed E-state index contributed by atoms with van der Waals surface area (Å²) in [5, 5.41) is 13.6. The fourth-order valence-corrected chi connectivity index (χ4v) is 5.08. The van der Waals surface area contributed by atoms with Crippen LogP contribution in [-0.4, -0.2) is 62.9 Å². The molecule has 2 amide bonds. The van der Waals surface area contributed by atoms with Gasteiger partial charge in [0, 0.05) is 12.5 Å². The van der Waals surface area contributed by atoms with Crippen LogP contribution in [0, 0.1) is 12.7 Å². The number of nitrogens with one attached hydrogen (secondary N) is 1. The van der Waals surface area contributed by atoms with Crippen LogP contribution in [0.1, 0.15) is 42.4 Å². The van der Waals surface area contributed by atoms with E-state index in [1.807, 2.05) is 0 Å². The van der Waals surface area contributed by atoms with Gasteiger partial charge in [0.1, 0.15) is 40.2 Å². The lowest BCUT2D eigenvalue weighted by molar-refractivity contribution is 0.0165. The van der Waals surface area contributed by atoms with Gasteiger partial charge in [-0.05, 0) is 45.4 Å². The summed E-state index contributed by atoms with van der Waals surface area (Å²) in [6.07, 6.45) is 0.644. The second-order valence-corrected chi connectivity index (χ2v) is 10.5. The number of ether oxygens (including phenoxy) is 2. The number of amides is 2. The summed E-state index contributed by atoms with van der Waals surface area (Å²) in [7, 11) is 0. The van der Waals surface area contributed by atoms with E-state index in [0.717, 1.165) is 0 Å². The van der Waals surface area contributed by atoms with E-state index in [9.17, 15) is 19.1 Å². The van der Waals surface area contributed by atoms with Crippen molar-refractivity contribution in [3.8, 4) is 5.75 Å². The molecule has 0 saturated carbocycles. The number of benzene rings is 1. The summed E-state index contributed by atoms with van der Waals surface area (Å²) in [5.41, 5.74) is 5.87. The van der Waals surface area contributed by atoms with Gasteiger partial charge >= 0.3 is 6.09 Å². The molecule has 4 N–H and O–H groups in total. The van der Waals surface area contributed by atoms with Gasteiger partial charge in [0.2, 0.25) is 0 Å². The number of fused-ring (bicyclic) bond motifs is 1. The number of carbonyl (C=O) groups excluding carboxylic acids is 2. The maximum atomic E-state index is 14.2. The summed E-state index contributed by atoms with van der Waals surface area (Å²) >= 11 is 1.17. The van der Waals surface area contributed by atoms with Gasteiger partial charge in [-0.2, -0.15) is 0 Å². The van der Waals surface area contributed by atoms with Gasteiger partial charge in [-0.25, -0.2) is 19.2 Å². The second-order valence-electron chi connectivity index (χ2n) is 9.53. The molecule has 36 heavy (non-hydrogen) atoms. The summed E-state index contributed by atoms with van der Waals surface area (Å²) in [4.78, 5) is 35.3. The number of halogens is 1. The van der Waals surface area contributed by atoms with E-state index < -0.39 is 35.6 Å². The fraction of sp³-hybridized carbons (Fsp3) is 0.417. The van der Waals surface area contributed by atoms with E-state index in [-0.39, 0.29) is 18.9 Å². The Labute approximate surface area is 211 Å². The van der Waals surface area contributed by atoms with E-state index in [0.29, 0.717) is 38.6 Å². The largest absolute Gasteiger partial charge is 0.486 e. The molecule has 2 atom stereocenters. The number of thiophene rings is 1. The molecule has 10 nitrogen and oxygen atoms in total. The molecule has 4 rings (SSSR count).